The highest BCUT2D eigenvalue weighted by molar-refractivity contribution is 5.99. The second kappa shape index (κ2) is 7.79. The van der Waals surface area contributed by atoms with Crippen molar-refractivity contribution in [1.82, 2.24) is 5.32 Å². The Morgan fingerprint density at radius 3 is 2.52 bits per heavy atom. The number of carbonyl (C=O) groups is 2. The zero-order valence-electron chi connectivity index (χ0n) is 14.4. The average Bonchev–Trinajstić information content (AvgIpc) is 2.52. The molecule has 0 aromatic heterocycles. The number of halogens is 1. The summed E-state index contributed by atoms with van der Waals surface area (Å²) < 4.78 is 18.7. The van der Waals surface area contributed by atoms with Crippen molar-refractivity contribution in [3.05, 3.63) is 59.9 Å². The molecule has 132 valence electrons. The molecule has 2 aromatic rings. The van der Waals surface area contributed by atoms with E-state index in [-0.39, 0.29) is 24.2 Å². The fourth-order valence-corrected chi connectivity index (χ4v) is 2.25. The molecule has 25 heavy (non-hydrogen) atoms. The van der Waals surface area contributed by atoms with Gasteiger partial charge < -0.3 is 15.4 Å². The highest BCUT2D eigenvalue weighted by Crippen LogP contribution is 2.17. The SMILES string of the molecule is CC(=O)NC(C)(C)C(=O)Nc1cccc(COc2cccc(F)c2)c1. The molecular formula is C19H21FN2O3. The second-order valence-electron chi connectivity index (χ2n) is 6.21. The summed E-state index contributed by atoms with van der Waals surface area (Å²) in [6, 6.07) is 13.0. The summed E-state index contributed by atoms with van der Waals surface area (Å²) in [6.07, 6.45) is 0. The van der Waals surface area contributed by atoms with Crippen LogP contribution in [0.15, 0.2) is 48.5 Å². The molecule has 0 spiro atoms. The fourth-order valence-electron chi connectivity index (χ4n) is 2.25. The number of nitrogens with one attached hydrogen (secondary N) is 2. The zero-order valence-corrected chi connectivity index (χ0v) is 14.4. The molecular weight excluding hydrogens is 323 g/mol. The van der Waals surface area contributed by atoms with Gasteiger partial charge in [-0.2, -0.15) is 0 Å². The lowest BCUT2D eigenvalue weighted by atomic mass is 10.0. The van der Waals surface area contributed by atoms with Crippen molar-refractivity contribution in [3.8, 4) is 5.75 Å². The smallest absolute Gasteiger partial charge is 0.249 e. The Hall–Kier alpha value is -2.89. The Morgan fingerprint density at radius 1 is 1.12 bits per heavy atom. The number of amides is 2. The van der Waals surface area contributed by atoms with Crippen LogP contribution in [-0.2, 0) is 16.2 Å². The molecule has 0 unspecified atom stereocenters. The van der Waals surface area contributed by atoms with E-state index in [1.165, 1.54) is 19.1 Å². The molecule has 0 fully saturated rings. The van der Waals surface area contributed by atoms with E-state index in [0.29, 0.717) is 11.4 Å². The molecule has 0 bridgehead atoms. The molecule has 0 radical (unpaired) electrons. The van der Waals surface area contributed by atoms with Crippen LogP contribution < -0.4 is 15.4 Å². The summed E-state index contributed by atoms with van der Waals surface area (Å²) >= 11 is 0. The molecule has 0 aliphatic rings. The van der Waals surface area contributed by atoms with Gasteiger partial charge in [-0.3, -0.25) is 9.59 Å². The Labute approximate surface area is 146 Å². The maximum absolute atomic E-state index is 13.1. The fraction of sp³-hybridized carbons (Fsp3) is 0.263. The highest BCUT2D eigenvalue weighted by Gasteiger charge is 2.28. The van der Waals surface area contributed by atoms with Gasteiger partial charge in [0.15, 0.2) is 0 Å². The lowest BCUT2D eigenvalue weighted by molar-refractivity contribution is -0.128. The third-order valence-electron chi connectivity index (χ3n) is 3.44. The van der Waals surface area contributed by atoms with Gasteiger partial charge in [-0.15, -0.1) is 0 Å². The Bertz CT molecular complexity index is 775. The van der Waals surface area contributed by atoms with Gasteiger partial charge in [0.05, 0.1) is 0 Å². The summed E-state index contributed by atoms with van der Waals surface area (Å²) in [4.78, 5) is 23.5. The lowest BCUT2D eigenvalue weighted by Crippen LogP contribution is -2.51. The number of rotatable bonds is 6. The van der Waals surface area contributed by atoms with Gasteiger partial charge in [0, 0.05) is 18.7 Å². The number of anilines is 1. The first-order valence-corrected chi connectivity index (χ1v) is 7.84. The lowest BCUT2D eigenvalue weighted by Gasteiger charge is -2.24. The van der Waals surface area contributed by atoms with Gasteiger partial charge in [-0.1, -0.05) is 18.2 Å². The molecule has 2 aromatic carbocycles. The van der Waals surface area contributed by atoms with E-state index in [4.69, 9.17) is 4.74 Å². The Morgan fingerprint density at radius 2 is 1.84 bits per heavy atom. The van der Waals surface area contributed by atoms with Crippen LogP contribution >= 0.6 is 0 Å². The minimum Gasteiger partial charge on any atom is -0.489 e. The van der Waals surface area contributed by atoms with E-state index in [9.17, 15) is 14.0 Å². The number of benzene rings is 2. The summed E-state index contributed by atoms with van der Waals surface area (Å²) in [5, 5.41) is 5.36. The van der Waals surface area contributed by atoms with E-state index >= 15 is 0 Å². The summed E-state index contributed by atoms with van der Waals surface area (Å²) in [5.74, 6) is -0.539. The Kier molecular flexibility index (Phi) is 5.75. The van der Waals surface area contributed by atoms with Crippen molar-refractivity contribution in [2.75, 3.05) is 5.32 Å². The minimum atomic E-state index is -1.03. The topological polar surface area (TPSA) is 67.4 Å². The predicted octanol–water partition coefficient (Wildman–Crippen LogP) is 3.26. The van der Waals surface area contributed by atoms with Gasteiger partial charge >= 0.3 is 0 Å². The third-order valence-corrected chi connectivity index (χ3v) is 3.44. The van der Waals surface area contributed by atoms with E-state index in [2.05, 4.69) is 10.6 Å². The van der Waals surface area contributed by atoms with Crippen LogP contribution in [0.3, 0.4) is 0 Å². The first kappa shape index (κ1) is 18.4. The van der Waals surface area contributed by atoms with Crippen LogP contribution in [0.5, 0.6) is 5.75 Å². The van der Waals surface area contributed by atoms with Crippen LogP contribution in [0, 0.1) is 5.82 Å². The number of carbonyl (C=O) groups excluding carboxylic acids is 2. The van der Waals surface area contributed by atoms with Gasteiger partial charge in [-0.05, 0) is 43.7 Å². The quantitative estimate of drug-likeness (QED) is 0.845. The van der Waals surface area contributed by atoms with Crippen LogP contribution in [0.4, 0.5) is 10.1 Å². The van der Waals surface area contributed by atoms with E-state index in [1.807, 2.05) is 6.07 Å². The van der Waals surface area contributed by atoms with Crippen molar-refractivity contribution < 1.29 is 18.7 Å². The van der Waals surface area contributed by atoms with E-state index < -0.39 is 5.54 Å². The van der Waals surface area contributed by atoms with Gasteiger partial charge in [0.2, 0.25) is 11.8 Å². The molecule has 0 saturated heterocycles. The zero-order chi connectivity index (χ0) is 18.4. The molecule has 6 heteroatoms. The number of hydrogen-bond acceptors (Lipinski definition) is 3. The number of hydrogen-bond donors (Lipinski definition) is 2. The minimum absolute atomic E-state index is 0.238. The van der Waals surface area contributed by atoms with Crippen LogP contribution in [-0.4, -0.2) is 17.4 Å². The average molecular weight is 344 g/mol. The van der Waals surface area contributed by atoms with Crippen molar-refractivity contribution in [1.29, 1.82) is 0 Å². The predicted molar refractivity (Wildman–Crippen MR) is 93.7 cm³/mol. The summed E-state index contributed by atoms with van der Waals surface area (Å²) in [6.45, 7) is 4.85. The molecule has 0 atom stereocenters. The first-order chi connectivity index (χ1) is 11.8. The molecule has 2 N–H and O–H groups in total. The second-order valence-corrected chi connectivity index (χ2v) is 6.21. The van der Waals surface area contributed by atoms with Crippen LogP contribution in [0.25, 0.3) is 0 Å². The van der Waals surface area contributed by atoms with Crippen LogP contribution in [0.1, 0.15) is 26.3 Å². The molecule has 2 rings (SSSR count). The monoisotopic (exact) mass is 344 g/mol. The molecule has 0 aliphatic heterocycles. The molecule has 0 aliphatic carbocycles. The summed E-state index contributed by atoms with van der Waals surface area (Å²) in [5.41, 5.74) is 0.378. The van der Waals surface area contributed by atoms with Crippen molar-refractivity contribution in [2.45, 2.75) is 32.9 Å². The van der Waals surface area contributed by atoms with E-state index in [0.717, 1.165) is 5.56 Å². The summed E-state index contributed by atoms with van der Waals surface area (Å²) in [7, 11) is 0. The molecule has 5 nitrogen and oxygen atoms in total. The van der Waals surface area contributed by atoms with Gasteiger partial charge in [0.1, 0.15) is 23.7 Å². The maximum Gasteiger partial charge on any atom is 0.249 e. The van der Waals surface area contributed by atoms with Crippen molar-refractivity contribution in [2.24, 2.45) is 0 Å². The molecule has 0 saturated carbocycles. The standard InChI is InChI=1S/C19H21FN2O3/c1-13(23)22-19(2,3)18(24)21-16-8-4-6-14(10-16)12-25-17-9-5-7-15(20)11-17/h4-11H,12H2,1-3H3,(H,21,24)(H,22,23). The van der Waals surface area contributed by atoms with Crippen molar-refractivity contribution in [3.63, 3.8) is 0 Å². The highest BCUT2D eigenvalue weighted by atomic mass is 19.1. The van der Waals surface area contributed by atoms with Crippen LogP contribution in [0.2, 0.25) is 0 Å². The molecule has 0 heterocycles. The Balaban J connectivity index is 2.01. The third kappa shape index (κ3) is 5.60. The van der Waals surface area contributed by atoms with Gasteiger partial charge in [0.25, 0.3) is 0 Å². The molecule has 2 amide bonds. The normalized spacial score (nSPS) is 10.9. The largest absolute Gasteiger partial charge is 0.489 e. The maximum atomic E-state index is 13.1. The van der Waals surface area contributed by atoms with Crippen molar-refractivity contribution >= 4 is 17.5 Å². The van der Waals surface area contributed by atoms with Gasteiger partial charge in [-0.25, -0.2) is 4.39 Å². The first-order valence-electron chi connectivity index (χ1n) is 7.84. The van der Waals surface area contributed by atoms with E-state index in [1.54, 1.807) is 44.2 Å². The number of ether oxygens (including phenoxy) is 1.